The third-order valence-corrected chi connectivity index (χ3v) is 7.14. The lowest BCUT2D eigenvalue weighted by Crippen LogP contribution is -2.70. The maximum Gasteiger partial charge on any atom is 0.306 e. The first-order valence-electron chi connectivity index (χ1n) is 11.4. The van der Waals surface area contributed by atoms with E-state index in [9.17, 15) is 9.59 Å². The van der Waals surface area contributed by atoms with E-state index in [0.717, 1.165) is 36.6 Å². The molecule has 1 amide bonds. The van der Waals surface area contributed by atoms with Gasteiger partial charge in [0.2, 0.25) is 0 Å². The molecule has 1 spiro atoms. The zero-order chi connectivity index (χ0) is 23.4. The molecule has 0 radical (unpaired) electrons. The molecule has 8 nitrogen and oxygen atoms in total. The molecule has 4 rings (SSSR count). The molecule has 0 bridgehead atoms. The highest BCUT2D eigenvalue weighted by Gasteiger charge is 2.48. The summed E-state index contributed by atoms with van der Waals surface area (Å²) in [4.78, 5) is 32.3. The Morgan fingerprint density at radius 2 is 2.12 bits per heavy atom. The summed E-state index contributed by atoms with van der Waals surface area (Å²) in [5.74, 6) is 0.153. The largest absolute Gasteiger partial charge is 0.493 e. The van der Waals surface area contributed by atoms with Crippen molar-refractivity contribution in [1.29, 1.82) is 0 Å². The predicted octanol–water partition coefficient (Wildman–Crippen LogP) is 2.89. The van der Waals surface area contributed by atoms with Crippen LogP contribution in [0.4, 0.5) is 0 Å². The minimum absolute atomic E-state index is 0.000937. The van der Waals surface area contributed by atoms with Crippen LogP contribution in [0.1, 0.15) is 47.2 Å². The first-order valence-corrected chi connectivity index (χ1v) is 12.3. The minimum Gasteiger partial charge on any atom is -0.493 e. The molecule has 1 aromatic carbocycles. The van der Waals surface area contributed by atoms with Crippen LogP contribution in [0, 0.1) is 0 Å². The van der Waals surface area contributed by atoms with Crippen LogP contribution in [-0.4, -0.2) is 83.3 Å². The van der Waals surface area contributed by atoms with Gasteiger partial charge in [-0.05, 0) is 24.1 Å². The lowest BCUT2D eigenvalue weighted by Gasteiger charge is -2.54. The maximum absolute atomic E-state index is 13.0. The number of thiazole rings is 1. The topological polar surface area (TPSA) is 92.2 Å². The SMILES string of the molecule is CC(C)c1nc(C(=O)N2CCOC3(CN(CCc4cccc(OCCC(=O)O)c4)C3)C2)cs1. The van der Waals surface area contributed by atoms with Crippen LogP contribution < -0.4 is 4.74 Å². The van der Waals surface area contributed by atoms with Gasteiger partial charge in [-0.3, -0.25) is 14.5 Å². The van der Waals surface area contributed by atoms with Gasteiger partial charge in [-0.2, -0.15) is 0 Å². The van der Waals surface area contributed by atoms with Crippen LogP contribution >= 0.6 is 11.3 Å². The van der Waals surface area contributed by atoms with Gasteiger partial charge in [0, 0.05) is 37.5 Å². The monoisotopic (exact) mass is 473 g/mol. The van der Waals surface area contributed by atoms with Crippen LogP contribution in [0.2, 0.25) is 0 Å². The lowest BCUT2D eigenvalue weighted by atomic mass is 9.91. The summed E-state index contributed by atoms with van der Waals surface area (Å²) in [5, 5.41) is 11.6. The van der Waals surface area contributed by atoms with E-state index in [2.05, 4.69) is 29.8 Å². The molecule has 0 unspecified atom stereocenters. The molecule has 2 fully saturated rings. The first-order chi connectivity index (χ1) is 15.8. The number of aliphatic carboxylic acids is 1. The smallest absolute Gasteiger partial charge is 0.306 e. The van der Waals surface area contributed by atoms with Gasteiger partial charge in [0.25, 0.3) is 5.91 Å². The number of hydrogen-bond donors (Lipinski definition) is 1. The van der Waals surface area contributed by atoms with Gasteiger partial charge < -0.3 is 19.5 Å². The Balaban J connectivity index is 1.25. The van der Waals surface area contributed by atoms with E-state index in [4.69, 9.17) is 14.6 Å². The summed E-state index contributed by atoms with van der Waals surface area (Å²) in [7, 11) is 0. The second kappa shape index (κ2) is 10.2. The Morgan fingerprint density at radius 3 is 2.85 bits per heavy atom. The van der Waals surface area contributed by atoms with E-state index in [1.807, 2.05) is 28.5 Å². The first kappa shape index (κ1) is 23.7. The van der Waals surface area contributed by atoms with Crippen molar-refractivity contribution in [1.82, 2.24) is 14.8 Å². The number of ether oxygens (including phenoxy) is 2. The van der Waals surface area contributed by atoms with Crippen molar-refractivity contribution >= 4 is 23.2 Å². The van der Waals surface area contributed by atoms with E-state index in [1.165, 1.54) is 0 Å². The molecular weight excluding hydrogens is 442 g/mol. The predicted molar refractivity (Wildman–Crippen MR) is 125 cm³/mol. The highest BCUT2D eigenvalue weighted by molar-refractivity contribution is 7.09. The van der Waals surface area contributed by atoms with Crippen molar-refractivity contribution in [3.05, 3.63) is 45.9 Å². The average molecular weight is 474 g/mol. The molecule has 33 heavy (non-hydrogen) atoms. The molecule has 0 saturated carbocycles. The van der Waals surface area contributed by atoms with Gasteiger partial charge in [0.1, 0.15) is 17.0 Å². The Bertz CT molecular complexity index is 986. The van der Waals surface area contributed by atoms with Crippen molar-refractivity contribution in [2.75, 3.05) is 45.9 Å². The number of likely N-dealkylation sites (tertiary alicyclic amines) is 1. The number of amides is 1. The number of benzene rings is 1. The number of morpholine rings is 1. The van der Waals surface area contributed by atoms with Crippen LogP contribution in [0.15, 0.2) is 29.6 Å². The second-order valence-corrected chi connectivity index (χ2v) is 9.97. The van der Waals surface area contributed by atoms with Crippen molar-refractivity contribution in [3.8, 4) is 5.75 Å². The van der Waals surface area contributed by atoms with Crippen LogP contribution in [0.3, 0.4) is 0 Å². The van der Waals surface area contributed by atoms with E-state index in [1.54, 1.807) is 11.3 Å². The fourth-order valence-corrected chi connectivity index (χ4v) is 5.09. The Morgan fingerprint density at radius 1 is 1.30 bits per heavy atom. The Kier molecular flexibility index (Phi) is 7.31. The molecule has 2 aliphatic heterocycles. The molecular formula is C24H31N3O5S. The van der Waals surface area contributed by atoms with Gasteiger partial charge in [-0.15, -0.1) is 11.3 Å². The van der Waals surface area contributed by atoms with Crippen molar-refractivity contribution in [2.24, 2.45) is 0 Å². The number of rotatable bonds is 9. The van der Waals surface area contributed by atoms with Gasteiger partial charge in [-0.1, -0.05) is 26.0 Å². The molecule has 1 aromatic heterocycles. The van der Waals surface area contributed by atoms with Crippen LogP contribution in [0.25, 0.3) is 0 Å². The third-order valence-electron chi connectivity index (χ3n) is 5.99. The Labute approximate surface area is 198 Å². The normalized spacial score (nSPS) is 17.8. The highest BCUT2D eigenvalue weighted by Crippen LogP contribution is 2.30. The molecule has 0 atom stereocenters. The molecule has 9 heteroatoms. The average Bonchev–Trinajstić information content (AvgIpc) is 3.27. The molecule has 1 N–H and O–H groups in total. The molecule has 0 aliphatic carbocycles. The lowest BCUT2D eigenvalue weighted by molar-refractivity contribution is -0.176. The van der Waals surface area contributed by atoms with Gasteiger partial charge >= 0.3 is 5.97 Å². The molecule has 3 heterocycles. The molecule has 178 valence electrons. The Hall–Kier alpha value is -2.49. The summed E-state index contributed by atoms with van der Waals surface area (Å²) in [6.07, 6.45) is 0.854. The molecule has 2 aromatic rings. The van der Waals surface area contributed by atoms with Gasteiger partial charge in [-0.25, -0.2) is 4.98 Å². The fourth-order valence-electron chi connectivity index (χ4n) is 4.28. The van der Waals surface area contributed by atoms with E-state index < -0.39 is 5.97 Å². The second-order valence-electron chi connectivity index (χ2n) is 9.08. The number of carboxylic acid groups (broad SMARTS) is 1. The minimum atomic E-state index is -0.866. The zero-order valence-corrected chi connectivity index (χ0v) is 20.0. The fraction of sp³-hybridized carbons (Fsp3) is 0.542. The number of carbonyl (C=O) groups is 2. The van der Waals surface area contributed by atoms with Crippen molar-refractivity contribution in [3.63, 3.8) is 0 Å². The van der Waals surface area contributed by atoms with Crippen LogP contribution in [-0.2, 0) is 16.0 Å². The number of aromatic nitrogens is 1. The highest BCUT2D eigenvalue weighted by atomic mass is 32.1. The van der Waals surface area contributed by atoms with Gasteiger partial charge in [0.05, 0.1) is 31.2 Å². The van der Waals surface area contributed by atoms with E-state index >= 15 is 0 Å². The third kappa shape index (κ3) is 5.90. The maximum atomic E-state index is 13.0. The van der Waals surface area contributed by atoms with E-state index in [-0.39, 0.29) is 24.5 Å². The number of carboxylic acids is 1. The number of carbonyl (C=O) groups excluding carboxylic acids is 1. The van der Waals surface area contributed by atoms with E-state index in [0.29, 0.717) is 37.1 Å². The summed E-state index contributed by atoms with van der Waals surface area (Å²) in [6, 6.07) is 7.79. The molecule has 2 aliphatic rings. The summed E-state index contributed by atoms with van der Waals surface area (Å²) >= 11 is 1.55. The quantitative estimate of drug-likeness (QED) is 0.599. The number of hydrogen-bond acceptors (Lipinski definition) is 7. The van der Waals surface area contributed by atoms with Gasteiger partial charge in [0.15, 0.2) is 0 Å². The van der Waals surface area contributed by atoms with Crippen LogP contribution in [0.5, 0.6) is 5.75 Å². The molecule has 2 saturated heterocycles. The standard InChI is InChI=1S/C24H31N3O5S/c1-17(2)22-25-20(13-33-22)23(30)27-9-11-32-24(16-27)14-26(15-24)8-6-18-4-3-5-19(12-18)31-10-7-21(28)29/h3-5,12-13,17H,6-11,14-16H2,1-2H3,(H,28,29). The number of nitrogens with zero attached hydrogens (tertiary/aromatic N) is 3. The van der Waals surface area contributed by atoms with Crippen molar-refractivity contribution in [2.45, 2.75) is 38.2 Å². The summed E-state index contributed by atoms with van der Waals surface area (Å²) in [5.41, 5.74) is 1.41. The van der Waals surface area contributed by atoms with Crippen molar-refractivity contribution < 1.29 is 24.2 Å². The summed E-state index contributed by atoms with van der Waals surface area (Å²) < 4.78 is 11.6. The summed E-state index contributed by atoms with van der Waals surface area (Å²) in [6.45, 7) is 8.59. The zero-order valence-electron chi connectivity index (χ0n) is 19.2.